The number of rotatable bonds is 4. The van der Waals surface area contributed by atoms with E-state index in [0.717, 1.165) is 0 Å². The van der Waals surface area contributed by atoms with Crippen molar-refractivity contribution in [2.75, 3.05) is 5.73 Å². The third-order valence-electron chi connectivity index (χ3n) is 3.87. The van der Waals surface area contributed by atoms with E-state index in [-0.39, 0.29) is 11.9 Å². The minimum absolute atomic E-state index is 0.221. The van der Waals surface area contributed by atoms with Crippen molar-refractivity contribution < 1.29 is 4.39 Å². The number of hydrogen-bond acceptors (Lipinski definition) is 3. The molecule has 2 rings (SSSR count). The number of aryl methyl sites for hydroxylation is 3. The summed E-state index contributed by atoms with van der Waals surface area (Å²) in [5.74, 6) is 5.37. The fourth-order valence-electron chi connectivity index (χ4n) is 2.84. The van der Waals surface area contributed by atoms with Gasteiger partial charge in [0.05, 0.1) is 6.04 Å². The van der Waals surface area contributed by atoms with Gasteiger partial charge in [0, 0.05) is 5.69 Å². The van der Waals surface area contributed by atoms with Gasteiger partial charge in [0.1, 0.15) is 5.82 Å². The third-order valence-corrected chi connectivity index (χ3v) is 3.87. The average Bonchev–Trinajstić information content (AvgIpc) is 2.41. The number of hydrazine groups is 1. The molecule has 0 fully saturated rings. The number of hydrogen-bond donors (Lipinski definition) is 3. The van der Waals surface area contributed by atoms with E-state index >= 15 is 0 Å². The summed E-state index contributed by atoms with van der Waals surface area (Å²) in [4.78, 5) is 0. The van der Waals surface area contributed by atoms with Gasteiger partial charge >= 0.3 is 0 Å². The van der Waals surface area contributed by atoms with Crippen molar-refractivity contribution in [3.8, 4) is 0 Å². The Kier molecular flexibility index (Phi) is 4.60. The monoisotopic (exact) mass is 287 g/mol. The minimum Gasteiger partial charge on any atom is -0.398 e. The van der Waals surface area contributed by atoms with Crippen LogP contribution in [-0.4, -0.2) is 0 Å². The Morgan fingerprint density at radius 1 is 1.10 bits per heavy atom. The first kappa shape index (κ1) is 15.5. The van der Waals surface area contributed by atoms with E-state index in [9.17, 15) is 4.39 Å². The number of benzene rings is 2. The maximum atomic E-state index is 13.5. The van der Waals surface area contributed by atoms with E-state index in [4.69, 9.17) is 11.6 Å². The third kappa shape index (κ3) is 3.40. The first-order valence-electron chi connectivity index (χ1n) is 7.00. The Labute approximate surface area is 125 Å². The Morgan fingerprint density at radius 2 is 1.71 bits per heavy atom. The lowest BCUT2D eigenvalue weighted by Gasteiger charge is -2.21. The van der Waals surface area contributed by atoms with Gasteiger partial charge in [-0.25, -0.2) is 4.39 Å². The molecule has 2 aromatic carbocycles. The Hall–Kier alpha value is -1.91. The summed E-state index contributed by atoms with van der Waals surface area (Å²) in [6.45, 7) is 6.24. The summed E-state index contributed by atoms with van der Waals surface area (Å²) in [7, 11) is 0. The molecule has 0 heterocycles. The van der Waals surface area contributed by atoms with Crippen LogP contribution in [0.2, 0.25) is 0 Å². The Balaban J connectivity index is 2.38. The zero-order chi connectivity index (χ0) is 15.6. The fourth-order valence-corrected chi connectivity index (χ4v) is 2.84. The Bertz CT molecular complexity index is 629. The van der Waals surface area contributed by atoms with Crippen LogP contribution in [0.25, 0.3) is 0 Å². The zero-order valence-corrected chi connectivity index (χ0v) is 12.7. The quantitative estimate of drug-likeness (QED) is 0.460. The van der Waals surface area contributed by atoms with Gasteiger partial charge in [0.15, 0.2) is 0 Å². The molecule has 0 amide bonds. The van der Waals surface area contributed by atoms with Gasteiger partial charge in [0.25, 0.3) is 0 Å². The topological polar surface area (TPSA) is 64.1 Å². The number of anilines is 1. The highest BCUT2D eigenvalue weighted by molar-refractivity contribution is 5.49. The van der Waals surface area contributed by atoms with E-state index in [0.29, 0.717) is 17.7 Å². The molecule has 0 saturated carbocycles. The van der Waals surface area contributed by atoms with Gasteiger partial charge in [-0.1, -0.05) is 17.7 Å². The molecule has 1 unspecified atom stereocenters. The SMILES string of the molecule is Cc1cc(C)c(CC(NN)c2cc(F)ccc2N)c(C)c1. The van der Waals surface area contributed by atoms with Gasteiger partial charge in [-0.05, 0) is 67.6 Å². The molecule has 0 aliphatic carbocycles. The van der Waals surface area contributed by atoms with E-state index in [1.807, 2.05) is 0 Å². The normalized spacial score (nSPS) is 12.4. The molecule has 0 saturated heterocycles. The summed E-state index contributed by atoms with van der Waals surface area (Å²) in [6, 6.07) is 8.44. The second-order valence-electron chi connectivity index (χ2n) is 5.57. The first-order valence-corrected chi connectivity index (χ1v) is 7.00. The molecule has 0 aliphatic rings. The largest absolute Gasteiger partial charge is 0.398 e. The van der Waals surface area contributed by atoms with Crippen LogP contribution in [0.5, 0.6) is 0 Å². The minimum atomic E-state index is -0.309. The molecule has 112 valence electrons. The zero-order valence-electron chi connectivity index (χ0n) is 12.7. The van der Waals surface area contributed by atoms with Gasteiger partial charge in [-0.3, -0.25) is 11.3 Å². The predicted molar refractivity (Wildman–Crippen MR) is 85.2 cm³/mol. The summed E-state index contributed by atoms with van der Waals surface area (Å²) in [6.07, 6.45) is 0.669. The van der Waals surface area contributed by atoms with Crippen molar-refractivity contribution in [1.29, 1.82) is 0 Å². The first-order chi connectivity index (χ1) is 9.92. The van der Waals surface area contributed by atoms with Crippen molar-refractivity contribution in [3.63, 3.8) is 0 Å². The van der Waals surface area contributed by atoms with Crippen molar-refractivity contribution in [1.82, 2.24) is 5.43 Å². The van der Waals surface area contributed by atoms with Crippen LogP contribution in [0.15, 0.2) is 30.3 Å². The van der Waals surface area contributed by atoms with E-state index < -0.39 is 0 Å². The lowest BCUT2D eigenvalue weighted by Crippen LogP contribution is -2.30. The van der Waals surface area contributed by atoms with Crippen LogP contribution in [0.3, 0.4) is 0 Å². The smallest absolute Gasteiger partial charge is 0.123 e. The van der Waals surface area contributed by atoms with E-state index in [1.165, 1.54) is 34.4 Å². The van der Waals surface area contributed by atoms with Gasteiger partial charge in [0.2, 0.25) is 0 Å². The molecule has 3 nitrogen and oxygen atoms in total. The molecule has 21 heavy (non-hydrogen) atoms. The van der Waals surface area contributed by atoms with Crippen LogP contribution in [0, 0.1) is 26.6 Å². The number of nitrogens with one attached hydrogen (secondary N) is 1. The molecule has 4 heteroatoms. The summed E-state index contributed by atoms with van der Waals surface area (Å²) in [5, 5.41) is 0. The van der Waals surface area contributed by atoms with Gasteiger partial charge < -0.3 is 5.73 Å². The number of nitrogen functional groups attached to an aromatic ring is 1. The van der Waals surface area contributed by atoms with Gasteiger partial charge in [-0.15, -0.1) is 0 Å². The van der Waals surface area contributed by atoms with Crippen LogP contribution in [0.4, 0.5) is 10.1 Å². The van der Waals surface area contributed by atoms with Crippen molar-refractivity contribution in [2.24, 2.45) is 5.84 Å². The highest BCUT2D eigenvalue weighted by Gasteiger charge is 2.17. The average molecular weight is 287 g/mol. The van der Waals surface area contributed by atoms with Crippen LogP contribution in [0.1, 0.15) is 33.9 Å². The second kappa shape index (κ2) is 6.24. The molecular formula is C17H22FN3. The highest BCUT2D eigenvalue weighted by atomic mass is 19.1. The van der Waals surface area contributed by atoms with Crippen LogP contribution >= 0.6 is 0 Å². The maximum absolute atomic E-state index is 13.5. The molecule has 0 bridgehead atoms. The van der Waals surface area contributed by atoms with E-state index in [1.54, 1.807) is 6.07 Å². The maximum Gasteiger partial charge on any atom is 0.123 e. The number of nitrogens with two attached hydrogens (primary N) is 2. The molecular weight excluding hydrogens is 265 g/mol. The molecule has 0 radical (unpaired) electrons. The predicted octanol–water partition coefficient (Wildman–Crippen LogP) is 3.08. The lowest BCUT2D eigenvalue weighted by molar-refractivity contribution is 0.544. The fraction of sp³-hybridized carbons (Fsp3) is 0.294. The second-order valence-corrected chi connectivity index (χ2v) is 5.57. The standard InChI is InChI=1S/C17H22FN3/c1-10-6-11(2)14(12(3)7-10)9-17(21-20)15-8-13(18)4-5-16(15)19/h4-8,17,21H,9,19-20H2,1-3H3. The van der Waals surface area contributed by atoms with E-state index in [2.05, 4.69) is 38.3 Å². The summed E-state index contributed by atoms with van der Waals surface area (Å²) < 4.78 is 13.5. The summed E-state index contributed by atoms with van der Waals surface area (Å²) >= 11 is 0. The van der Waals surface area contributed by atoms with Crippen LogP contribution in [-0.2, 0) is 6.42 Å². The van der Waals surface area contributed by atoms with Crippen molar-refractivity contribution in [2.45, 2.75) is 33.2 Å². The molecule has 5 N–H and O–H groups in total. The molecule has 2 aromatic rings. The molecule has 1 atom stereocenters. The van der Waals surface area contributed by atoms with Crippen LogP contribution < -0.4 is 17.0 Å². The highest BCUT2D eigenvalue weighted by Crippen LogP contribution is 2.27. The lowest BCUT2D eigenvalue weighted by atomic mass is 9.91. The molecule has 0 aliphatic heterocycles. The number of halogens is 1. The molecule has 0 spiro atoms. The van der Waals surface area contributed by atoms with Gasteiger partial charge in [-0.2, -0.15) is 0 Å². The van der Waals surface area contributed by atoms with Crippen molar-refractivity contribution >= 4 is 5.69 Å². The molecule has 0 aromatic heterocycles. The summed E-state index contributed by atoms with van der Waals surface area (Å²) in [5.41, 5.74) is 14.8. The van der Waals surface area contributed by atoms with Crippen molar-refractivity contribution in [3.05, 3.63) is 64.0 Å². The Morgan fingerprint density at radius 3 is 2.29 bits per heavy atom.